The normalized spacial score (nSPS) is 10.1. The van der Waals surface area contributed by atoms with Gasteiger partial charge in [0.15, 0.2) is 5.82 Å². The maximum Gasteiger partial charge on any atom is 0.353 e. The number of benzene rings is 1. The predicted octanol–water partition coefficient (Wildman–Crippen LogP) is 2.15. The number of amides is 1. The maximum absolute atomic E-state index is 12.1. The highest BCUT2D eigenvalue weighted by atomic mass is 16.5. The zero-order chi connectivity index (χ0) is 15.2. The van der Waals surface area contributed by atoms with Gasteiger partial charge in [-0.1, -0.05) is 13.0 Å². The van der Waals surface area contributed by atoms with Crippen LogP contribution in [0.2, 0.25) is 0 Å². The minimum Gasteiger partial charge on any atom is -0.494 e. The van der Waals surface area contributed by atoms with Gasteiger partial charge >= 0.3 is 5.97 Å². The lowest BCUT2D eigenvalue weighted by atomic mass is 10.2. The number of ether oxygens (including phenoxy) is 1. The molecule has 110 valence electrons. The van der Waals surface area contributed by atoms with Crippen LogP contribution in [0, 0.1) is 0 Å². The van der Waals surface area contributed by atoms with Gasteiger partial charge in [0.2, 0.25) is 0 Å². The Balaban J connectivity index is 2.06. The Morgan fingerprint density at radius 3 is 2.86 bits per heavy atom. The van der Waals surface area contributed by atoms with Crippen molar-refractivity contribution in [3.63, 3.8) is 0 Å². The van der Waals surface area contributed by atoms with Crippen LogP contribution < -0.4 is 10.1 Å². The van der Waals surface area contributed by atoms with E-state index in [1.807, 2.05) is 6.92 Å². The van der Waals surface area contributed by atoms with Gasteiger partial charge in [-0.25, -0.2) is 4.79 Å². The number of nitrogens with one attached hydrogen (secondary N) is 2. The van der Waals surface area contributed by atoms with E-state index in [4.69, 9.17) is 9.84 Å². The van der Waals surface area contributed by atoms with E-state index in [0.29, 0.717) is 17.9 Å². The number of carbonyl (C=O) groups excluding carboxylic acids is 1. The van der Waals surface area contributed by atoms with Crippen molar-refractivity contribution < 1.29 is 19.4 Å². The smallest absolute Gasteiger partial charge is 0.353 e. The van der Waals surface area contributed by atoms with E-state index in [-0.39, 0.29) is 17.4 Å². The molecule has 0 fully saturated rings. The van der Waals surface area contributed by atoms with Crippen molar-refractivity contribution in [2.75, 3.05) is 11.9 Å². The van der Waals surface area contributed by atoms with Crippen LogP contribution in [0.5, 0.6) is 5.75 Å². The summed E-state index contributed by atoms with van der Waals surface area (Å²) in [6.07, 6.45) is 0.877. The third-order valence-corrected chi connectivity index (χ3v) is 2.62. The van der Waals surface area contributed by atoms with Crippen molar-refractivity contribution in [1.82, 2.24) is 10.2 Å². The van der Waals surface area contributed by atoms with Gasteiger partial charge in [-0.05, 0) is 24.6 Å². The van der Waals surface area contributed by atoms with Crippen molar-refractivity contribution in [2.24, 2.45) is 0 Å². The van der Waals surface area contributed by atoms with E-state index in [2.05, 4.69) is 15.5 Å². The number of aromatic carboxylic acids is 1. The number of hydrogen-bond donors (Lipinski definition) is 3. The standard InChI is InChI=1S/C14H15N3O4/c1-2-6-21-10-5-3-4-9(7-10)13(18)15-12-8-11(14(19)20)16-17-12/h3-5,7-8H,2,6H2,1H3,(H,19,20)(H2,15,16,17,18). The fraction of sp³-hybridized carbons (Fsp3) is 0.214. The first-order valence-corrected chi connectivity index (χ1v) is 6.43. The van der Waals surface area contributed by atoms with Gasteiger partial charge in [0.1, 0.15) is 11.4 Å². The molecule has 0 spiro atoms. The molecule has 2 aromatic rings. The highest BCUT2D eigenvalue weighted by Crippen LogP contribution is 2.15. The third-order valence-electron chi connectivity index (χ3n) is 2.62. The van der Waals surface area contributed by atoms with E-state index in [9.17, 15) is 9.59 Å². The Bertz CT molecular complexity index is 651. The molecule has 7 heteroatoms. The average Bonchev–Trinajstić information content (AvgIpc) is 2.94. The van der Waals surface area contributed by atoms with Crippen LogP contribution in [0.1, 0.15) is 34.2 Å². The molecule has 1 aromatic heterocycles. The number of rotatable bonds is 6. The molecule has 3 N–H and O–H groups in total. The summed E-state index contributed by atoms with van der Waals surface area (Å²) in [5.41, 5.74) is 0.314. The van der Waals surface area contributed by atoms with E-state index in [0.717, 1.165) is 6.42 Å². The molecule has 0 unspecified atom stereocenters. The lowest BCUT2D eigenvalue weighted by molar-refractivity contribution is 0.0690. The van der Waals surface area contributed by atoms with E-state index in [1.54, 1.807) is 24.3 Å². The number of carboxylic acids is 1. The molecule has 0 atom stereocenters. The second-order valence-electron chi connectivity index (χ2n) is 4.30. The van der Waals surface area contributed by atoms with Gasteiger partial charge in [0.25, 0.3) is 5.91 Å². The Kier molecular flexibility index (Phi) is 4.55. The highest BCUT2D eigenvalue weighted by molar-refractivity contribution is 6.04. The molecule has 0 bridgehead atoms. The number of carbonyl (C=O) groups is 2. The van der Waals surface area contributed by atoms with Gasteiger partial charge in [-0.3, -0.25) is 9.89 Å². The number of H-pyrrole nitrogens is 1. The van der Waals surface area contributed by atoms with Crippen molar-refractivity contribution in [3.05, 3.63) is 41.6 Å². The molecule has 0 saturated carbocycles. The summed E-state index contributed by atoms with van der Waals surface area (Å²) in [6.45, 7) is 2.57. The first-order chi connectivity index (χ1) is 10.1. The fourth-order valence-corrected chi connectivity index (χ4v) is 1.63. The monoisotopic (exact) mass is 289 g/mol. The molecule has 0 aliphatic carbocycles. The number of aromatic amines is 1. The summed E-state index contributed by atoms with van der Waals surface area (Å²) >= 11 is 0. The lowest BCUT2D eigenvalue weighted by Gasteiger charge is -2.06. The number of carboxylic acid groups (broad SMARTS) is 1. The number of anilines is 1. The zero-order valence-corrected chi connectivity index (χ0v) is 11.4. The van der Waals surface area contributed by atoms with Crippen LogP contribution in [0.25, 0.3) is 0 Å². The van der Waals surface area contributed by atoms with E-state index < -0.39 is 5.97 Å². The third kappa shape index (κ3) is 3.82. The minimum absolute atomic E-state index is 0.0923. The van der Waals surface area contributed by atoms with E-state index >= 15 is 0 Å². The molecular weight excluding hydrogens is 274 g/mol. The van der Waals surface area contributed by atoms with Gasteiger partial charge in [-0.15, -0.1) is 0 Å². The maximum atomic E-state index is 12.1. The van der Waals surface area contributed by atoms with E-state index in [1.165, 1.54) is 6.07 Å². The van der Waals surface area contributed by atoms with Gasteiger partial charge in [0.05, 0.1) is 6.61 Å². The molecule has 0 saturated heterocycles. The summed E-state index contributed by atoms with van der Waals surface area (Å²) in [5, 5.41) is 17.3. The number of hydrogen-bond acceptors (Lipinski definition) is 4. The number of aromatic nitrogens is 2. The van der Waals surface area contributed by atoms with Crippen molar-refractivity contribution in [1.29, 1.82) is 0 Å². The summed E-state index contributed by atoms with van der Waals surface area (Å²) in [7, 11) is 0. The SMILES string of the molecule is CCCOc1cccc(C(=O)Nc2cc(C(=O)O)[nH]n2)c1. The molecule has 0 aliphatic rings. The molecule has 0 radical (unpaired) electrons. The molecule has 2 rings (SSSR count). The second kappa shape index (κ2) is 6.56. The summed E-state index contributed by atoms with van der Waals surface area (Å²) in [4.78, 5) is 22.8. The highest BCUT2D eigenvalue weighted by Gasteiger charge is 2.12. The predicted molar refractivity (Wildman–Crippen MR) is 75.7 cm³/mol. The number of nitrogens with zero attached hydrogens (tertiary/aromatic N) is 1. The molecule has 21 heavy (non-hydrogen) atoms. The Morgan fingerprint density at radius 1 is 1.38 bits per heavy atom. The second-order valence-corrected chi connectivity index (χ2v) is 4.30. The largest absolute Gasteiger partial charge is 0.494 e. The molecule has 0 aliphatic heterocycles. The van der Waals surface area contributed by atoms with Gasteiger partial charge < -0.3 is 15.2 Å². The summed E-state index contributed by atoms with van der Waals surface area (Å²) in [5.74, 6) is -0.770. The summed E-state index contributed by atoms with van der Waals surface area (Å²) < 4.78 is 5.45. The Hall–Kier alpha value is -2.83. The topological polar surface area (TPSA) is 104 Å². The Labute approximate surface area is 120 Å². The first kappa shape index (κ1) is 14.6. The van der Waals surface area contributed by atoms with Crippen LogP contribution >= 0.6 is 0 Å². The van der Waals surface area contributed by atoms with Crippen molar-refractivity contribution in [2.45, 2.75) is 13.3 Å². The van der Waals surface area contributed by atoms with Crippen LogP contribution in [-0.2, 0) is 0 Å². The van der Waals surface area contributed by atoms with Crippen LogP contribution in [-0.4, -0.2) is 33.8 Å². The first-order valence-electron chi connectivity index (χ1n) is 6.43. The van der Waals surface area contributed by atoms with Crippen molar-refractivity contribution >= 4 is 17.7 Å². The zero-order valence-electron chi connectivity index (χ0n) is 11.4. The van der Waals surface area contributed by atoms with Gasteiger partial charge in [-0.2, -0.15) is 5.10 Å². The Morgan fingerprint density at radius 2 is 2.19 bits per heavy atom. The summed E-state index contributed by atoms with van der Waals surface area (Å²) in [6, 6.07) is 7.99. The fourth-order valence-electron chi connectivity index (χ4n) is 1.63. The minimum atomic E-state index is -1.14. The van der Waals surface area contributed by atoms with Crippen LogP contribution in [0.3, 0.4) is 0 Å². The molecular formula is C14H15N3O4. The average molecular weight is 289 g/mol. The van der Waals surface area contributed by atoms with Crippen molar-refractivity contribution in [3.8, 4) is 5.75 Å². The molecule has 1 amide bonds. The quantitative estimate of drug-likeness (QED) is 0.755. The van der Waals surface area contributed by atoms with Crippen LogP contribution in [0.4, 0.5) is 5.82 Å². The molecule has 1 heterocycles. The molecule has 7 nitrogen and oxygen atoms in total. The van der Waals surface area contributed by atoms with Gasteiger partial charge in [0, 0.05) is 11.6 Å². The molecule has 1 aromatic carbocycles. The van der Waals surface area contributed by atoms with Crippen LogP contribution in [0.15, 0.2) is 30.3 Å². The lowest BCUT2D eigenvalue weighted by Crippen LogP contribution is -2.12.